The molecule has 2 aliphatic rings. The lowest BCUT2D eigenvalue weighted by atomic mass is 9.87. The van der Waals surface area contributed by atoms with E-state index in [-0.39, 0.29) is 0 Å². The fourth-order valence-corrected chi connectivity index (χ4v) is 3.93. The van der Waals surface area contributed by atoms with Crippen molar-refractivity contribution in [2.24, 2.45) is 10.4 Å². The third-order valence-electron chi connectivity index (χ3n) is 4.46. The summed E-state index contributed by atoms with van der Waals surface area (Å²) in [6, 6.07) is 0. The molecule has 2 fully saturated rings. The van der Waals surface area contributed by atoms with Crippen LogP contribution in [-0.2, 0) is 17.7 Å². The van der Waals surface area contributed by atoms with Gasteiger partial charge in [0.1, 0.15) is 0 Å². The summed E-state index contributed by atoms with van der Waals surface area (Å²) in [7, 11) is 1.86. The number of hydrogen-bond donors (Lipinski definition) is 1. The zero-order valence-corrected chi connectivity index (χ0v) is 13.7. The van der Waals surface area contributed by atoms with Crippen LogP contribution in [0.25, 0.3) is 0 Å². The Morgan fingerprint density at radius 1 is 1.57 bits per heavy atom. The first-order chi connectivity index (χ1) is 10.2. The van der Waals surface area contributed by atoms with Crippen molar-refractivity contribution in [3.05, 3.63) is 16.1 Å². The third-order valence-corrected chi connectivity index (χ3v) is 5.51. The molecule has 5 nitrogen and oxygen atoms in total. The van der Waals surface area contributed by atoms with Crippen LogP contribution in [0.5, 0.6) is 0 Å². The highest BCUT2D eigenvalue weighted by molar-refractivity contribution is 7.09. The minimum Gasteiger partial charge on any atom is -0.381 e. The molecule has 1 aromatic heterocycles. The topological polar surface area (TPSA) is 49.8 Å². The molecule has 0 aliphatic carbocycles. The SMILES string of the molecule is CCc1nc(CNC(=NC)N2CCC3(CCOC3)C2)cs1. The van der Waals surface area contributed by atoms with E-state index in [2.05, 4.69) is 32.5 Å². The van der Waals surface area contributed by atoms with Crippen molar-refractivity contribution in [2.45, 2.75) is 32.7 Å². The molecule has 1 N–H and O–H groups in total. The second kappa shape index (κ2) is 6.32. The summed E-state index contributed by atoms with van der Waals surface area (Å²) >= 11 is 1.74. The number of thiazole rings is 1. The smallest absolute Gasteiger partial charge is 0.193 e. The van der Waals surface area contributed by atoms with Crippen LogP contribution in [0.3, 0.4) is 0 Å². The number of hydrogen-bond acceptors (Lipinski definition) is 4. The normalized spacial score (nSPS) is 26.0. The number of aliphatic imine (C=N–C) groups is 1. The van der Waals surface area contributed by atoms with Crippen molar-refractivity contribution in [3.63, 3.8) is 0 Å². The average Bonchev–Trinajstić information content (AvgIpc) is 3.23. The van der Waals surface area contributed by atoms with Crippen LogP contribution in [-0.4, -0.2) is 49.2 Å². The van der Waals surface area contributed by atoms with Crippen LogP contribution < -0.4 is 5.32 Å². The number of ether oxygens (including phenoxy) is 1. The Labute approximate surface area is 130 Å². The van der Waals surface area contributed by atoms with E-state index >= 15 is 0 Å². The molecule has 1 unspecified atom stereocenters. The van der Waals surface area contributed by atoms with Crippen molar-refractivity contribution in [2.75, 3.05) is 33.4 Å². The highest BCUT2D eigenvalue weighted by atomic mass is 32.1. The number of guanidine groups is 1. The number of rotatable bonds is 3. The lowest BCUT2D eigenvalue weighted by Gasteiger charge is -2.24. The van der Waals surface area contributed by atoms with Gasteiger partial charge in [-0.05, 0) is 19.3 Å². The summed E-state index contributed by atoms with van der Waals surface area (Å²) in [6.45, 7) is 6.85. The molecule has 21 heavy (non-hydrogen) atoms. The molecule has 6 heteroatoms. The van der Waals surface area contributed by atoms with Gasteiger partial charge < -0.3 is 15.0 Å². The first-order valence-electron chi connectivity index (χ1n) is 7.71. The first-order valence-corrected chi connectivity index (χ1v) is 8.59. The standard InChI is InChI=1S/C15H24N4OS/c1-3-13-18-12(9-21-13)8-17-14(16-2)19-6-4-15(10-19)5-7-20-11-15/h9H,3-8,10-11H2,1-2H3,(H,16,17). The molecule has 0 radical (unpaired) electrons. The van der Waals surface area contributed by atoms with Gasteiger partial charge >= 0.3 is 0 Å². The van der Waals surface area contributed by atoms with Crippen molar-refractivity contribution in [1.82, 2.24) is 15.2 Å². The van der Waals surface area contributed by atoms with E-state index in [0.29, 0.717) is 5.41 Å². The number of aryl methyl sites for hydroxylation is 1. The van der Waals surface area contributed by atoms with E-state index in [0.717, 1.165) is 50.9 Å². The van der Waals surface area contributed by atoms with Gasteiger partial charge in [-0.25, -0.2) is 4.98 Å². The molecule has 3 heterocycles. The van der Waals surface area contributed by atoms with E-state index in [1.54, 1.807) is 11.3 Å². The van der Waals surface area contributed by atoms with Gasteiger partial charge in [-0.15, -0.1) is 11.3 Å². The highest BCUT2D eigenvalue weighted by Gasteiger charge is 2.42. The van der Waals surface area contributed by atoms with E-state index in [4.69, 9.17) is 4.74 Å². The van der Waals surface area contributed by atoms with Gasteiger partial charge in [0.2, 0.25) is 0 Å². The second-order valence-corrected chi connectivity index (χ2v) is 6.90. The van der Waals surface area contributed by atoms with Crippen LogP contribution in [0.4, 0.5) is 0 Å². The molecule has 0 amide bonds. The molecule has 0 saturated carbocycles. The Hall–Kier alpha value is -1.14. The van der Waals surface area contributed by atoms with Gasteiger partial charge in [0, 0.05) is 37.5 Å². The predicted octanol–water partition coefficient (Wildman–Crippen LogP) is 1.89. The Balaban J connectivity index is 1.56. The second-order valence-electron chi connectivity index (χ2n) is 5.96. The van der Waals surface area contributed by atoms with E-state index in [9.17, 15) is 0 Å². The average molecular weight is 308 g/mol. The Morgan fingerprint density at radius 2 is 2.48 bits per heavy atom. The van der Waals surface area contributed by atoms with Crippen LogP contribution in [0.1, 0.15) is 30.5 Å². The molecule has 1 aromatic rings. The molecule has 3 rings (SSSR count). The van der Waals surface area contributed by atoms with Gasteiger partial charge in [0.15, 0.2) is 5.96 Å². The summed E-state index contributed by atoms with van der Waals surface area (Å²) < 4.78 is 5.59. The maximum Gasteiger partial charge on any atom is 0.193 e. The minimum absolute atomic E-state index is 0.369. The van der Waals surface area contributed by atoms with Gasteiger partial charge in [-0.1, -0.05) is 6.92 Å². The summed E-state index contributed by atoms with van der Waals surface area (Å²) in [5.74, 6) is 0.991. The van der Waals surface area contributed by atoms with Crippen molar-refractivity contribution >= 4 is 17.3 Å². The van der Waals surface area contributed by atoms with Gasteiger partial charge in [-0.3, -0.25) is 4.99 Å². The number of aromatic nitrogens is 1. The number of nitrogens with zero attached hydrogens (tertiary/aromatic N) is 3. The van der Waals surface area contributed by atoms with Crippen molar-refractivity contribution in [3.8, 4) is 0 Å². The fourth-order valence-electron chi connectivity index (χ4n) is 3.18. The van der Waals surface area contributed by atoms with Crippen LogP contribution in [0, 0.1) is 5.41 Å². The van der Waals surface area contributed by atoms with Crippen molar-refractivity contribution in [1.29, 1.82) is 0 Å². The maximum absolute atomic E-state index is 5.59. The molecule has 1 atom stereocenters. The zero-order valence-electron chi connectivity index (χ0n) is 12.9. The molecule has 1 spiro atoms. The lowest BCUT2D eigenvalue weighted by Crippen LogP contribution is -2.41. The summed E-state index contributed by atoms with van der Waals surface area (Å²) in [6.07, 6.45) is 3.41. The van der Waals surface area contributed by atoms with E-state index in [1.165, 1.54) is 17.8 Å². The van der Waals surface area contributed by atoms with Gasteiger partial charge in [0.05, 0.1) is 23.9 Å². The Bertz CT molecular complexity index is 508. The van der Waals surface area contributed by atoms with Crippen LogP contribution >= 0.6 is 11.3 Å². The van der Waals surface area contributed by atoms with E-state index < -0.39 is 0 Å². The Kier molecular flexibility index (Phi) is 4.45. The lowest BCUT2D eigenvalue weighted by molar-refractivity contribution is 0.156. The summed E-state index contributed by atoms with van der Waals surface area (Å²) in [4.78, 5) is 11.4. The summed E-state index contributed by atoms with van der Waals surface area (Å²) in [5.41, 5.74) is 1.48. The number of likely N-dealkylation sites (tertiary alicyclic amines) is 1. The van der Waals surface area contributed by atoms with Crippen molar-refractivity contribution < 1.29 is 4.74 Å². The van der Waals surface area contributed by atoms with Gasteiger partial charge in [-0.2, -0.15) is 0 Å². The van der Waals surface area contributed by atoms with Crippen LogP contribution in [0.15, 0.2) is 10.4 Å². The molecule has 2 saturated heterocycles. The van der Waals surface area contributed by atoms with E-state index in [1.807, 2.05) is 7.05 Å². The maximum atomic E-state index is 5.59. The van der Waals surface area contributed by atoms with Crippen LogP contribution in [0.2, 0.25) is 0 Å². The Morgan fingerprint density at radius 3 is 3.14 bits per heavy atom. The third kappa shape index (κ3) is 3.21. The van der Waals surface area contributed by atoms with Gasteiger partial charge in [0.25, 0.3) is 0 Å². The molecule has 0 bridgehead atoms. The first kappa shape index (κ1) is 14.8. The largest absolute Gasteiger partial charge is 0.381 e. The number of nitrogens with one attached hydrogen (secondary N) is 1. The highest BCUT2D eigenvalue weighted by Crippen LogP contribution is 2.38. The monoisotopic (exact) mass is 308 g/mol. The predicted molar refractivity (Wildman–Crippen MR) is 85.7 cm³/mol. The zero-order chi connectivity index (χ0) is 14.7. The minimum atomic E-state index is 0.369. The molecular formula is C15H24N4OS. The molecule has 0 aromatic carbocycles. The quantitative estimate of drug-likeness (QED) is 0.684. The summed E-state index contributed by atoms with van der Waals surface area (Å²) in [5, 5.41) is 6.78. The fraction of sp³-hybridized carbons (Fsp3) is 0.733. The molecule has 116 valence electrons. The molecular weight excluding hydrogens is 284 g/mol. The molecule has 2 aliphatic heterocycles.